The number of imidazole rings is 1. The molecule has 1 aliphatic rings. The number of anilines is 1. The second-order valence-electron chi connectivity index (χ2n) is 4.38. The van der Waals surface area contributed by atoms with E-state index < -0.39 is 0 Å². The Hall–Kier alpha value is -2.15. The first-order chi connectivity index (χ1) is 8.78. The predicted octanol–water partition coefficient (Wildman–Crippen LogP) is 0.109. The number of nitrogens with two attached hydrogens (primary N) is 1. The lowest BCUT2D eigenvalue weighted by molar-refractivity contribution is 0.650. The number of rotatable bonds is 4. The maximum atomic E-state index is 12.0. The van der Waals surface area contributed by atoms with Crippen LogP contribution in [0.5, 0.6) is 0 Å². The van der Waals surface area contributed by atoms with Gasteiger partial charge in [0.2, 0.25) is 0 Å². The number of hydrogen-bond acceptors (Lipinski definition) is 5. The van der Waals surface area contributed by atoms with E-state index in [9.17, 15) is 4.79 Å². The van der Waals surface area contributed by atoms with Crippen molar-refractivity contribution in [1.82, 2.24) is 19.1 Å². The highest BCUT2D eigenvalue weighted by atomic mass is 16.1. The first-order valence-corrected chi connectivity index (χ1v) is 5.83. The number of aromatic nitrogens is 4. The molecule has 0 bridgehead atoms. The lowest BCUT2D eigenvalue weighted by Gasteiger charge is -2.02. The van der Waals surface area contributed by atoms with Crippen LogP contribution in [0.2, 0.25) is 0 Å². The lowest BCUT2D eigenvalue weighted by atomic mass is 10.4. The van der Waals surface area contributed by atoms with E-state index in [0.717, 1.165) is 18.5 Å². The Morgan fingerprint density at radius 2 is 2.17 bits per heavy atom. The topological polar surface area (TPSA) is 90.8 Å². The zero-order valence-corrected chi connectivity index (χ0v) is 9.78. The van der Waals surface area contributed by atoms with E-state index in [0.29, 0.717) is 18.4 Å². The molecule has 7 nitrogen and oxygen atoms in total. The lowest BCUT2D eigenvalue weighted by Crippen LogP contribution is -2.24. The largest absolute Gasteiger partial charge is 0.328 e. The van der Waals surface area contributed by atoms with Gasteiger partial charge in [-0.1, -0.05) is 0 Å². The third kappa shape index (κ3) is 2.00. The first kappa shape index (κ1) is 11.0. The van der Waals surface area contributed by atoms with E-state index in [-0.39, 0.29) is 5.69 Å². The molecule has 0 radical (unpaired) electrons. The van der Waals surface area contributed by atoms with Crippen molar-refractivity contribution in [3.8, 4) is 0 Å². The molecule has 0 unspecified atom stereocenters. The van der Waals surface area contributed by atoms with Gasteiger partial charge in [0, 0.05) is 18.4 Å². The quantitative estimate of drug-likeness (QED) is 0.590. The number of nitrogens with one attached hydrogen (secondary N) is 1. The number of nitrogen functional groups attached to an aromatic ring is 1. The van der Waals surface area contributed by atoms with Crippen molar-refractivity contribution in [2.75, 3.05) is 5.43 Å². The van der Waals surface area contributed by atoms with Gasteiger partial charge in [0.15, 0.2) is 5.82 Å². The zero-order chi connectivity index (χ0) is 12.5. The predicted molar refractivity (Wildman–Crippen MR) is 65.9 cm³/mol. The van der Waals surface area contributed by atoms with Gasteiger partial charge in [-0.25, -0.2) is 15.6 Å². The molecular formula is C11H14N6O. The van der Waals surface area contributed by atoms with Crippen LogP contribution in [0.4, 0.5) is 5.82 Å². The Labute approximate surface area is 103 Å². The molecule has 2 aromatic heterocycles. The second kappa shape index (κ2) is 4.26. The van der Waals surface area contributed by atoms with Gasteiger partial charge in [0.05, 0.1) is 24.6 Å². The zero-order valence-electron chi connectivity index (χ0n) is 9.78. The van der Waals surface area contributed by atoms with Crippen LogP contribution < -0.4 is 17.0 Å². The standard InChI is InChI=1S/C11H14N6O/c12-15-10-6-13-8(5-14-10)7-16-3-4-17(11(16)18)9-1-2-9/h3-6,9H,1-2,7,12H2,(H,14,15). The summed E-state index contributed by atoms with van der Waals surface area (Å²) < 4.78 is 3.42. The fourth-order valence-electron chi connectivity index (χ4n) is 1.86. The number of nitrogens with zero attached hydrogens (tertiary/aromatic N) is 4. The Balaban J connectivity index is 1.81. The van der Waals surface area contributed by atoms with E-state index in [1.807, 2.05) is 6.20 Å². The van der Waals surface area contributed by atoms with Crippen molar-refractivity contribution >= 4 is 5.82 Å². The summed E-state index contributed by atoms with van der Waals surface area (Å²) >= 11 is 0. The highest BCUT2D eigenvalue weighted by Crippen LogP contribution is 2.33. The van der Waals surface area contributed by atoms with Crippen molar-refractivity contribution < 1.29 is 0 Å². The minimum Gasteiger partial charge on any atom is -0.307 e. The second-order valence-corrected chi connectivity index (χ2v) is 4.38. The maximum absolute atomic E-state index is 12.0. The molecule has 0 amide bonds. The fourth-order valence-corrected chi connectivity index (χ4v) is 1.86. The van der Waals surface area contributed by atoms with Crippen LogP contribution in [0, 0.1) is 0 Å². The molecular weight excluding hydrogens is 232 g/mol. The summed E-state index contributed by atoms with van der Waals surface area (Å²) in [6, 6.07) is 0.397. The van der Waals surface area contributed by atoms with Gasteiger partial charge >= 0.3 is 5.69 Å². The molecule has 3 rings (SSSR count). The monoisotopic (exact) mass is 246 g/mol. The Bertz CT molecular complexity index is 595. The normalized spacial score (nSPS) is 14.7. The van der Waals surface area contributed by atoms with Crippen LogP contribution in [-0.2, 0) is 6.54 Å². The molecule has 94 valence electrons. The minimum atomic E-state index is 0.0142. The van der Waals surface area contributed by atoms with Crippen molar-refractivity contribution in [1.29, 1.82) is 0 Å². The fraction of sp³-hybridized carbons (Fsp3) is 0.364. The van der Waals surface area contributed by atoms with E-state index in [2.05, 4.69) is 15.4 Å². The Morgan fingerprint density at radius 1 is 1.33 bits per heavy atom. The Morgan fingerprint density at radius 3 is 2.78 bits per heavy atom. The minimum absolute atomic E-state index is 0.0142. The van der Waals surface area contributed by atoms with Gasteiger partial charge < -0.3 is 5.43 Å². The van der Waals surface area contributed by atoms with Crippen LogP contribution in [0.1, 0.15) is 24.6 Å². The van der Waals surface area contributed by atoms with Crippen LogP contribution >= 0.6 is 0 Å². The van der Waals surface area contributed by atoms with Gasteiger partial charge in [-0.3, -0.25) is 14.1 Å². The molecule has 0 spiro atoms. The average Bonchev–Trinajstić information content (AvgIpc) is 3.17. The average molecular weight is 246 g/mol. The van der Waals surface area contributed by atoms with E-state index >= 15 is 0 Å². The molecule has 2 aromatic rings. The molecule has 1 fully saturated rings. The van der Waals surface area contributed by atoms with E-state index in [1.165, 1.54) is 6.20 Å². The van der Waals surface area contributed by atoms with Crippen LogP contribution in [0.3, 0.4) is 0 Å². The van der Waals surface area contributed by atoms with Gasteiger partial charge in [0.25, 0.3) is 0 Å². The van der Waals surface area contributed by atoms with E-state index in [4.69, 9.17) is 5.84 Å². The van der Waals surface area contributed by atoms with Crippen LogP contribution in [0.25, 0.3) is 0 Å². The van der Waals surface area contributed by atoms with Gasteiger partial charge in [-0.15, -0.1) is 0 Å². The molecule has 7 heteroatoms. The van der Waals surface area contributed by atoms with Crippen LogP contribution in [-0.4, -0.2) is 19.1 Å². The molecule has 2 heterocycles. The summed E-state index contributed by atoms with van der Waals surface area (Å²) in [7, 11) is 0. The van der Waals surface area contributed by atoms with Crippen molar-refractivity contribution in [2.24, 2.45) is 5.84 Å². The molecule has 0 aromatic carbocycles. The summed E-state index contributed by atoms with van der Waals surface area (Å²) in [6.07, 6.45) is 8.97. The third-order valence-corrected chi connectivity index (χ3v) is 3.00. The Kier molecular flexibility index (Phi) is 2.60. The van der Waals surface area contributed by atoms with Gasteiger partial charge in [-0.05, 0) is 12.8 Å². The van der Waals surface area contributed by atoms with Crippen molar-refractivity contribution in [2.45, 2.75) is 25.4 Å². The van der Waals surface area contributed by atoms with Gasteiger partial charge in [0.1, 0.15) is 0 Å². The summed E-state index contributed by atoms with van der Waals surface area (Å²) in [5, 5.41) is 0. The molecule has 0 aliphatic heterocycles. The van der Waals surface area contributed by atoms with Crippen molar-refractivity contribution in [3.05, 3.63) is 41.0 Å². The molecule has 1 saturated carbocycles. The summed E-state index contributed by atoms with van der Waals surface area (Å²) in [5.41, 5.74) is 3.15. The maximum Gasteiger partial charge on any atom is 0.328 e. The summed E-state index contributed by atoms with van der Waals surface area (Å²) in [4.78, 5) is 20.3. The number of hydrogen-bond donors (Lipinski definition) is 2. The molecule has 1 aliphatic carbocycles. The number of hydrazine groups is 1. The molecule has 0 atom stereocenters. The summed E-state index contributed by atoms with van der Waals surface area (Å²) in [6.45, 7) is 0.427. The highest BCUT2D eigenvalue weighted by molar-refractivity contribution is 5.28. The SMILES string of the molecule is NNc1cnc(Cn2ccn(C3CC3)c2=O)cn1. The van der Waals surface area contributed by atoms with E-state index in [1.54, 1.807) is 21.5 Å². The highest BCUT2D eigenvalue weighted by Gasteiger charge is 2.25. The third-order valence-electron chi connectivity index (χ3n) is 3.00. The van der Waals surface area contributed by atoms with Crippen LogP contribution in [0.15, 0.2) is 29.6 Å². The molecule has 18 heavy (non-hydrogen) atoms. The molecule has 0 saturated heterocycles. The van der Waals surface area contributed by atoms with Gasteiger partial charge in [-0.2, -0.15) is 0 Å². The first-order valence-electron chi connectivity index (χ1n) is 5.83. The summed E-state index contributed by atoms with van der Waals surface area (Å²) in [5.74, 6) is 5.71. The molecule has 3 N–H and O–H groups in total. The smallest absolute Gasteiger partial charge is 0.307 e. The van der Waals surface area contributed by atoms with Crippen molar-refractivity contribution in [3.63, 3.8) is 0 Å².